The molecule has 0 saturated carbocycles. The van der Waals surface area contributed by atoms with Crippen LogP contribution >= 0.6 is 11.6 Å². The van der Waals surface area contributed by atoms with Gasteiger partial charge in [-0.05, 0) is 50.0 Å². The Morgan fingerprint density at radius 1 is 1.21 bits per heavy atom. The maximum atomic E-state index is 12.2. The van der Waals surface area contributed by atoms with Crippen molar-refractivity contribution in [3.63, 3.8) is 0 Å². The van der Waals surface area contributed by atoms with E-state index in [1.807, 2.05) is 31.1 Å². The molecular weight excluding hydrogens is 326 g/mol. The molecule has 2 aromatic carbocycles. The average Bonchev–Trinajstić information content (AvgIpc) is 2.56. The lowest BCUT2D eigenvalue weighted by molar-refractivity contribution is 0.102. The molecule has 0 aromatic heterocycles. The molecule has 0 fully saturated rings. The van der Waals surface area contributed by atoms with Crippen LogP contribution in [0.15, 0.2) is 42.5 Å². The van der Waals surface area contributed by atoms with Gasteiger partial charge in [0.15, 0.2) is 0 Å². The Balaban J connectivity index is 1.99. The van der Waals surface area contributed by atoms with Crippen molar-refractivity contribution in [3.8, 4) is 5.75 Å². The molecule has 24 heavy (non-hydrogen) atoms. The highest BCUT2D eigenvalue weighted by Crippen LogP contribution is 2.28. The second kappa shape index (κ2) is 8.68. The SMILES string of the molecule is CN(C)CCOc1ccc(NC(=O)c2ccc(CN)cc2)cc1Cl. The smallest absolute Gasteiger partial charge is 0.255 e. The number of anilines is 1. The Labute approximate surface area is 147 Å². The lowest BCUT2D eigenvalue weighted by Crippen LogP contribution is -2.19. The number of likely N-dealkylation sites (N-methyl/N-ethyl adjacent to an activating group) is 1. The molecule has 0 atom stereocenters. The molecule has 1 amide bonds. The van der Waals surface area contributed by atoms with Crippen LogP contribution in [-0.4, -0.2) is 38.1 Å². The second-order valence-electron chi connectivity index (χ2n) is 5.65. The molecule has 0 spiro atoms. The molecule has 6 heteroatoms. The third-order valence-corrected chi connectivity index (χ3v) is 3.73. The van der Waals surface area contributed by atoms with Crippen LogP contribution < -0.4 is 15.8 Å². The van der Waals surface area contributed by atoms with E-state index in [-0.39, 0.29) is 5.91 Å². The van der Waals surface area contributed by atoms with Gasteiger partial charge >= 0.3 is 0 Å². The number of rotatable bonds is 7. The number of carbonyl (C=O) groups excluding carboxylic acids is 1. The zero-order chi connectivity index (χ0) is 17.5. The van der Waals surface area contributed by atoms with Gasteiger partial charge in [0.2, 0.25) is 0 Å². The minimum absolute atomic E-state index is 0.198. The van der Waals surface area contributed by atoms with Crippen molar-refractivity contribution >= 4 is 23.2 Å². The Morgan fingerprint density at radius 3 is 2.50 bits per heavy atom. The molecular formula is C18H22ClN3O2. The van der Waals surface area contributed by atoms with E-state index in [0.717, 1.165) is 12.1 Å². The fourth-order valence-electron chi connectivity index (χ4n) is 2.03. The highest BCUT2D eigenvalue weighted by molar-refractivity contribution is 6.32. The van der Waals surface area contributed by atoms with Crippen molar-refractivity contribution in [2.24, 2.45) is 5.73 Å². The Morgan fingerprint density at radius 2 is 1.92 bits per heavy atom. The second-order valence-corrected chi connectivity index (χ2v) is 6.06. The van der Waals surface area contributed by atoms with E-state index < -0.39 is 0 Å². The third kappa shape index (κ3) is 5.23. The number of nitrogens with two attached hydrogens (primary N) is 1. The number of hydrogen-bond acceptors (Lipinski definition) is 4. The number of carbonyl (C=O) groups is 1. The molecule has 2 aromatic rings. The molecule has 0 aliphatic carbocycles. The first-order valence-electron chi connectivity index (χ1n) is 7.67. The van der Waals surface area contributed by atoms with E-state index in [1.165, 1.54) is 0 Å². The minimum Gasteiger partial charge on any atom is -0.491 e. The lowest BCUT2D eigenvalue weighted by atomic mass is 10.1. The van der Waals surface area contributed by atoms with Gasteiger partial charge in [0, 0.05) is 24.3 Å². The molecule has 5 nitrogen and oxygen atoms in total. The molecule has 0 bridgehead atoms. The number of hydrogen-bond donors (Lipinski definition) is 2. The predicted molar refractivity (Wildman–Crippen MR) is 97.8 cm³/mol. The third-order valence-electron chi connectivity index (χ3n) is 3.44. The van der Waals surface area contributed by atoms with Crippen molar-refractivity contribution in [2.45, 2.75) is 6.54 Å². The normalized spacial score (nSPS) is 10.7. The number of amides is 1. The summed E-state index contributed by atoms with van der Waals surface area (Å²) in [5, 5.41) is 3.28. The quantitative estimate of drug-likeness (QED) is 0.808. The first kappa shape index (κ1) is 18.3. The van der Waals surface area contributed by atoms with E-state index in [1.54, 1.807) is 30.3 Å². The standard InChI is InChI=1S/C18H22ClN3O2/c1-22(2)9-10-24-17-8-7-15(11-16(17)19)21-18(23)14-5-3-13(12-20)4-6-14/h3-8,11H,9-10,12,20H2,1-2H3,(H,21,23). The summed E-state index contributed by atoms with van der Waals surface area (Å²) in [6, 6.07) is 12.4. The van der Waals surface area contributed by atoms with Gasteiger partial charge in [-0.3, -0.25) is 4.79 Å². The number of halogens is 1. The number of nitrogens with zero attached hydrogens (tertiary/aromatic N) is 1. The van der Waals surface area contributed by atoms with Gasteiger partial charge in [-0.2, -0.15) is 0 Å². The van der Waals surface area contributed by atoms with Crippen molar-refractivity contribution in [1.29, 1.82) is 0 Å². The van der Waals surface area contributed by atoms with Crippen molar-refractivity contribution < 1.29 is 9.53 Å². The van der Waals surface area contributed by atoms with Crippen LogP contribution in [0.3, 0.4) is 0 Å². The Hall–Kier alpha value is -2.08. The number of benzene rings is 2. The zero-order valence-electron chi connectivity index (χ0n) is 13.9. The Bertz CT molecular complexity index is 687. The van der Waals surface area contributed by atoms with Gasteiger partial charge in [-0.1, -0.05) is 23.7 Å². The highest BCUT2D eigenvalue weighted by atomic mass is 35.5. The summed E-state index contributed by atoms with van der Waals surface area (Å²) in [5.41, 5.74) is 7.72. The van der Waals surface area contributed by atoms with Crippen LogP contribution in [0.4, 0.5) is 5.69 Å². The first-order valence-corrected chi connectivity index (χ1v) is 8.05. The molecule has 0 unspecified atom stereocenters. The first-order chi connectivity index (χ1) is 11.5. The van der Waals surface area contributed by atoms with E-state index >= 15 is 0 Å². The largest absolute Gasteiger partial charge is 0.491 e. The molecule has 2 rings (SSSR count). The maximum absolute atomic E-state index is 12.2. The van der Waals surface area contributed by atoms with Crippen molar-refractivity contribution in [2.75, 3.05) is 32.6 Å². The topological polar surface area (TPSA) is 67.6 Å². The van der Waals surface area contributed by atoms with Crippen LogP contribution in [0.1, 0.15) is 15.9 Å². The van der Waals surface area contributed by atoms with Gasteiger partial charge in [0.1, 0.15) is 12.4 Å². The summed E-state index contributed by atoms with van der Waals surface area (Å²) in [4.78, 5) is 14.3. The summed E-state index contributed by atoms with van der Waals surface area (Å²) in [6.45, 7) is 1.80. The fraction of sp³-hybridized carbons (Fsp3) is 0.278. The maximum Gasteiger partial charge on any atom is 0.255 e. The molecule has 0 aliphatic rings. The number of ether oxygens (including phenoxy) is 1. The summed E-state index contributed by atoms with van der Waals surface area (Å²) < 4.78 is 5.62. The van der Waals surface area contributed by atoms with Crippen molar-refractivity contribution in [1.82, 2.24) is 4.90 Å². The summed E-state index contributed by atoms with van der Waals surface area (Å²) >= 11 is 6.21. The van der Waals surface area contributed by atoms with Gasteiger partial charge < -0.3 is 20.7 Å². The monoisotopic (exact) mass is 347 g/mol. The van der Waals surface area contributed by atoms with E-state index in [0.29, 0.717) is 35.2 Å². The van der Waals surface area contributed by atoms with E-state index in [4.69, 9.17) is 22.1 Å². The molecule has 0 radical (unpaired) electrons. The molecule has 0 saturated heterocycles. The van der Waals surface area contributed by atoms with E-state index in [2.05, 4.69) is 5.32 Å². The van der Waals surface area contributed by atoms with E-state index in [9.17, 15) is 4.79 Å². The van der Waals surface area contributed by atoms with Crippen molar-refractivity contribution in [3.05, 3.63) is 58.6 Å². The average molecular weight is 348 g/mol. The molecule has 3 N–H and O–H groups in total. The van der Waals surface area contributed by atoms with Crippen LogP contribution in [0, 0.1) is 0 Å². The number of nitrogens with one attached hydrogen (secondary N) is 1. The molecule has 0 aliphatic heterocycles. The van der Waals surface area contributed by atoms with Gasteiger partial charge in [-0.25, -0.2) is 0 Å². The van der Waals surface area contributed by atoms with Gasteiger partial charge in [0.25, 0.3) is 5.91 Å². The van der Waals surface area contributed by atoms with Crippen LogP contribution in [0.2, 0.25) is 5.02 Å². The minimum atomic E-state index is -0.198. The summed E-state index contributed by atoms with van der Waals surface area (Å²) in [5.74, 6) is 0.403. The molecule has 128 valence electrons. The predicted octanol–water partition coefficient (Wildman–Crippen LogP) is 2.99. The molecule has 0 heterocycles. The van der Waals surface area contributed by atoms with Crippen LogP contribution in [-0.2, 0) is 6.54 Å². The van der Waals surface area contributed by atoms with Gasteiger partial charge in [-0.15, -0.1) is 0 Å². The zero-order valence-corrected chi connectivity index (χ0v) is 14.6. The summed E-state index contributed by atoms with van der Waals surface area (Å²) in [6.07, 6.45) is 0. The summed E-state index contributed by atoms with van der Waals surface area (Å²) in [7, 11) is 3.95. The lowest BCUT2D eigenvalue weighted by Gasteiger charge is -2.13. The van der Waals surface area contributed by atoms with Gasteiger partial charge in [0.05, 0.1) is 5.02 Å². The highest BCUT2D eigenvalue weighted by Gasteiger charge is 2.08. The Kier molecular flexibility index (Phi) is 6.61. The van der Waals surface area contributed by atoms with Crippen LogP contribution in [0.25, 0.3) is 0 Å². The fourth-order valence-corrected chi connectivity index (χ4v) is 2.26. The van der Waals surface area contributed by atoms with Crippen LogP contribution in [0.5, 0.6) is 5.75 Å².